The number of benzene rings is 2. The zero-order valence-electron chi connectivity index (χ0n) is 15.6. The molecular weight excluding hydrogens is 393 g/mol. The number of hydrogen-bond acceptors (Lipinski definition) is 4. The van der Waals surface area contributed by atoms with Crippen molar-refractivity contribution >= 4 is 23.2 Å². The maximum atomic E-state index is 6.24. The summed E-state index contributed by atoms with van der Waals surface area (Å²) in [7, 11) is 0. The predicted molar refractivity (Wildman–Crippen MR) is 114 cm³/mol. The van der Waals surface area contributed by atoms with E-state index in [0.717, 1.165) is 43.7 Å². The van der Waals surface area contributed by atoms with Gasteiger partial charge in [-0.1, -0.05) is 53.5 Å². The minimum absolute atomic E-state index is 0.506. The molecule has 0 spiro atoms. The van der Waals surface area contributed by atoms with E-state index < -0.39 is 0 Å². The zero-order valence-corrected chi connectivity index (χ0v) is 17.1. The lowest BCUT2D eigenvalue weighted by Gasteiger charge is -2.32. The van der Waals surface area contributed by atoms with Crippen LogP contribution in [0.1, 0.15) is 24.1 Å². The van der Waals surface area contributed by atoms with Crippen LogP contribution in [0.3, 0.4) is 0 Å². The van der Waals surface area contributed by atoms with Crippen LogP contribution in [0.4, 0.5) is 0 Å². The minimum Gasteiger partial charge on any atom is -0.444 e. The van der Waals surface area contributed by atoms with E-state index >= 15 is 0 Å². The molecular formula is C22H23Cl2N3O. The second kappa shape index (κ2) is 9.10. The molecule has 1 aliphatic heterocycles. The highest BCUT2D eigenvalue weighted by atomic mass is 35.5. The molecule has 0 bridgehead atoms. The summed E-state index contributed by atoms with van der Waals surface area (Å²) in [4.78, 5) is 7.08. The van der Waals surface area contributed by atoms with Gasteiger partial charge in [-0.15, -0.1) is 0 Å². The molecule has 1 saturated heterocycles. The van der Waals surface area contributed by atoms with Crippen LogP contribution in [0.15, 0.2) is 59.2 Å². The van der Waals surface area contributed by atoms with Crippen molar-refractivity contribution in [3.05, 3.63) is 76.1 Å². The van der Waals surface area contributed by atoms with E-state index in [1.807, 2.05) is 6.07 Å². The van der Waals surface area contributed by atoms with Crippen LogP contribution in [0.25, 0.3) is 11.5 Å². The molecule has 2 aromatic carbocycles. The molecule has 146 valence electrons. The second-order valence-corrected chi connectivity index (χ2v) is 8.03. The monoisotopic (exact) mass is 415 g/mol. The van der Waals surface area contributed by atoms with Crippen LogP contribution in [0.2, 0.25) is 10.0 Å². The van der Waals surface area contributed by atoms with E-state index in [1.165, 1.54) is 5.56 Å². The van der Waals surface area contributed by atoms with Gasteiger partial charge in [0.15, 0.2) is 0 Å². The molecule has 3 aromatic rings. The number of hydrogen-bond donors (Lipinski definition) is 1. The normalized spacial score (nSPS) is 15.8. The second-order valence-electron chi connectivity index (χ2n) is 7.19. The molecule has 0 aliphatic carbocycles. The quantitative estimate of drug-likeness (QED) is 0.584. The Kier molecular flexibility index (Phi) is 6.33. The maximum absolute atomic E-state index is 6.24. The molecule has 1 aromatic heterocycles. The van der Waals surface area contributed by atoms with Crippen molar-refractivity contribution in [2.45, 2.75) is 32.0 Å². The van der Waals surface area contributed by atoms with Crippen LogP contribution < -0.4 is 5.32 Å². The van der Waals surface area contributed by atoms with Crippen molar-refractivity contribution in [2.24, 2.45) is 0 Å². The third-order valence-electron chi connectivity index (χ3n) is 5.12. The molecule has 0 atom stereocenters. The third-order valence-corrected chi connectivity index (χ3v) is 5.67. The predicted octanol–water partition coefficient (Wildman–Crippen LogP) is 5.40. The highest BCUT2D eigenvalue weighted by Crippen LogP contribution is 2.29. The van der Waals surface area contributed by atoms with Crippen molar-refractivity contribution in [3.8, 4) is 11.5 Å². The minimum atomic E-state index is 0.506. The van der Waals surface area contributed by atoms with E-state index in [0.29, 0.717) is 28.5 Å². The molecule has 4 nitrogen and oxygen atoms in total. The van der Waals surface area contributed by atoms with Gasteiger partial charge in [0.25, 0.3) is 0 Å². The van der Waals surface area contributed by atoms with Crippen LogP contribution >= 0.6 is 23.2 Å². The van der Waals surface area contributed by atoms with Crippen molar-refractivity contribution < 1.29 is 4.42 Å². The average Bonchev–Trinajstić information content (AvgIpc) is 3.17. The molecule has 0 unspecified atom stereocenters. The van der Waals surface area contributed by atoms with Crippen LogP contribution in [0, 0.1) is 0 Å². The summed E-state index contributed by atoms with van der Waals surface area (Å²) < 4.78 is 5.61. The first-order chi connectivity index (χ1) is 13.7. The average molecular weight is 416 g/mol. The Bertz CT molecular complexity index is 905. The smallest absolute Gasteiger partial charge is 0.227 e. The molecule has 1 fully saturated rings. The fourth-order valence-electron chi connectivity index (χ4n) is 3.56. The number of likely N-dealkylation sites (tertiary alicyclic amines) is 1. The first-order valence-electron chi connectivity index (χ1n) is 9.57. The van der Waals surface area contributed by atoms with Gasteiger partial charge in [0, 0.05) is 24.2 Å². The summed E-state index contributed by atoms with van der Waals surface area (Å²) in [5, 5.41) is 4.75. The van der Waals surface area contributed by atoms with Gasteiger partial charge in [0.2, 0.25) is 5.89 Å². The van der Waals surface area contributed by atoms with Gasteiger partial charge < -0.3 is 9.73 Å². The van der Waals surface area contributed by atoms with E-state index in [1.54, 1.807) is 18.4 Å². The molecule has 4 rings (SSSR count). The number of aromatic nitrogens is 1. The molecule has 0 saturated carbocycles. The van der Waals surface area contributed by atoms with Crippen molar-refractivity contribution in [3.63, 3.8) is 0 Å². The lowest BCUT2D eigenvalue weighted by molar-refractivity contribution is 0.190. The van der Waals surface area contributed by atoms with Gasteiger partial charge in [-0.25, -0.2) is 4.98 Å². The van der Waals surface area contributed by atoms with Gasteiger partial charge in [0.05, 0.1) is 16.3 Å². The number of nitrogens with zero attached hydrogens (tertiary/aromatic N) is 2. The molecule has 0 radical (unpaired) electrons. The fourth-order valence-corrected chi connectivity index (χ4v) is 4.05. The van der Waals surface area contributed by atoms with Crippen molar-refractivity contribution in [1.29, 1.82) is 0 Å². The van der Waals surface area contributed by atoms with E-state index in [2.05, 4.69) is 45.5 Å². The Balaban J connectivity index is 1.26. The van der Waals surface area contributed by atoms with Crippen molar-refractivity contribution in [1.82, 2.24) is 15.2 Å². The topological polar surface area (TPSA) is 41.3 Å². The van der Waals surface area contributed by atoms with E-state index in [4.69, 9.17) is 27.6 Å². The Morgan fingerprint density at radius 3 is 2.61 bits per heavy atom. The number of piperidine rings is 1. The van der Waals surface area contributed by atoms with Gasteiger partial charge in [-0.3, -0.25) is 4.90 Å². The molecule has 2 heterocycles. The number of nitrogens with one attached hydrogen (secondary N) is 1. The summed E-state index contributed by atoms with van der Waals surface area (Å²) in [6.07, 6.45) is 3.97. The zero-order chi connectivity index (χ0) is 19.3. The number of rotatable bonds is 6. The Hall–Kier alpha value is -1.85. The Morgan fingerprint density at radius 2 is 1.86 bits per heavy atom. The summed E-state index contributed by atoms with van der Waals surface area (Å²) >= 11 is 12.2. The maximum Gasteiger partial charge on any atom is 0.227 e. The summed E-state index contributed by atoms with van der Waals surface area (Å²) in [5.74, 6) is 0.524. The molecule has 28 heavy (non-hydrogen) atoms. The molecule has 1 aliphatic rings. The molecule has 6 heteroatoms. The summed E-state index contributed by atoms with van der Waals surface area (Å²) in [6, 6.07) is 16.5. The van der Waals surface area contributed by atoms with E-state index in [9.17, 15) is 0 Å². The lowest BCUT2D eigenvalue weighted by Crippen LogP contribution is -2.41. The third kappa shape index (κ3) is 4.95. The van der Waals surface area contributed by atoms with Crippen LogP contribution in [-0.2, 0) is 13.1 Å². The molecule has 0 amide bonds. The van der Waals surface area contributed by atoms with Gasteiger partial charge in [-0.2, -0.15) is 0 Å². The van der Waals surface area contributed by atoms with Crippen molar-refractivity contribution in [2.75, 3.05) is 13.1 Å². The lowest BCUT2D eigenvalue weighted by atomic mass is 10.0. The highest BCUT2D eigenvalue weighted by Gasteiger charge is 2.19. The fraction of sp³-hybridized carbons (Fsp3) is 0.318. The van der Waals surface area contributed by atoms with Gasteiger partial charge in [0.1, 0.15) is 6.26 Å². The first-order valence-corrected chi connectivity index (χ1v) is 10.3. The van der Waals surface area contributed by atoms with Crippen LogP contribution in [0.5, 0.6) is 0 Å². The molecule has 1 N–H and O–H groups in total. The summed E-state index contributed by atoms with van der Waals surface area (Å²) in [5.41, 5.74) is 3.02. The van der Waals surface area contributed by atoms with E-state index in [-0.39, 0.29) is 0 Å². The van der Waals surface area contributed by atoms with Gasteiger partial charge >= 0.3 is 0 Å². The standard InChI is InChI=1S/C22H23Cl2N3O/c23-17-6-7-20(21(24)12-17)22-26-19(15-28-22)13-25-18-8-10-27(11-9-18)14-16-4-2-1-3-5-16/h1-7,12,15,18,25H,8-11,13-14H2. The Labute approximate surface area is 175 Å². The number of oxazole rings is 1. The summed E-state index contributed by atoms with van der Waals surface area (Å²) in [6.45, 7) is 3.94. The van der Waals surface area contributed by atoms with Gasteiger partial charge in [-0.05, 0) is 49.7 Å². The largest absolute Gasteiger partial charge is 0.444 e. The SMILES string of the molecule is Clc1ccc(-c2nc(CNC3CCN(Cc4ccccc4)CC3)co2)c(Cl)c1. The first kappa shape index (κ1) is 19.5. The number of halogens is 2. The highest BCUT2D eigenvalue weighted by molar-refractivity contribution is 6.36. The van der Waals surface area contributed by atoms with Crippen LogP contribution in [-0.4, -0.2) is 29.0 Å². The Morgan fingerprint density at radius 1 is 1.07 bits per heavy atom.